The second-order valence-electron chi connectivity index (χ2n) is 7.26. The molecule has 1 saturated heterocycles. The highest BCUT2D eigenvalue weighted by Crippen LogP contribution is 2.47. The van der Waals surface area contributed by atoms with Crippen LogP contribution in [-0.4, -0.2) is 25.1 Å². The van der Waals surface area contributed by atoms with E-state index in [2.05, 4.69) is 4.98 Å². The van der Waals surface area contributed by atoms with Gasteiger partial charge in [-0.05, 0) is 37.6 Å². The van der Waals surface area contributed by atoms with Gasteiger partial charge in [0.1, 0.15) is 16.5 Å². The zero-order chi connectivity index (χ0) is 20.5. The van der Waals surface area contributed by atoms with Crippen molar-refractivity contribution in [2.45, 2.75) is 26.3 Å². The molecular weight excluding hydrogens is 384 g/mol. The van der Waals surface area contributed by atoms with Crippen molar-refractivity contribution in [1.82, 2.24) is 4.98 Å². The van der Waals surface area contributed by atoms with Crippen LogP contribution in [0.15, 0.2) is 48.7 Å². The fraction of sp³-hybridized carbons (Fsp3) is 0.304. The molecule has 2 aromatic carbocycles. The molecule has 2 heterocycles. The summed E-state index contributed by atoms with van der Waals surface area (Å²) in [5.41, 5.74) is 2.78. The first-order chi connectivity index (χ1) is 14.0. The molecule has 0 N–H and O–H groups in total. The van der Waals surface area contributed by atoms with Crippen molar-refractivity contribution in [1.29, 1.82) is 0 Å². The Hall–Kier alpha value is -2.86. The van der Waals surface area contributed by atoms with Crippen LogP contribution in [0.3, 0.4) is 0 Å². The van der Waals surface area contributed by atoms with Crippen LogP contribution < -0.4 is 14.4 Å². The van der Waals surface area contributed by atoms with Crippen LogP contribution in [-0.2, 0) is 4.79 Å². The number of benzene rings is 2. The number of methoxy groups -OCH3 is 2. The first kappa shape index (κ1) is 19.5. The molecule has 2 unspecified atom stereocenters. The Morgan fingerprint density at radius 2 is 1.79 bits per heavy atom. The van der Waals surface area contributed by atoms with Gasteiger partial charge < -0.3 is 14.4 Å². The predicted octanol–water partition coefficient (Wildman–Crippen LogP) is 5.25. The van der Waals surface area contributed by atoms with Gasteiger partial charge in [0.25, 0.3) is 0 Å². The zero-order valence-electron chi connectivity index (χ0n) is 17.0. The molecule has 0 bridgehead atoms. The summed E-state index contributed by atoms with van der Waals surface area (Å²) in [4.78, 5) is 20.7. The highest BCUT2D eigenvalue weighted by molar-refractivity contribution is 7.14. The van der Waals surface area contributed by atoms with Gasteiger partial charge in [-0.2, -0.15) is 0 Å². The SMILES string of the molecule is COc1cccc(OC)c1C1CC(C)C(=O)N1c1cccc(-c2ncc(C)s2)c1. The highest BCUT2D eigenvalue weighted by atomic mass is 32.1. The molecule has 0 spiro atoms. The van der Waals surface area contributed by atoms with Crippen LogP contribution in [0.5, 0.6) is 11.5 Å². The van der Waals surface area contributed by atoms with Gasteiger partial charge in [-0.25, -0.2) is 4.98 Å². The van der Waals surface area contributed by atoms with Crippen molar-refractivity contribution in [3.05, 3.63) is 59.1 Å². The average molecular weight is 409 g/mol. The van der Waals surface area contributed by atoms with Gasteiger partial charge >= 0.3 is 0 Å². The van der Waals surface area contributed by atoms with E-state index in [1.807, 2.05) is 67.4 Å². The number of hydrogen-bond donors (Lipinski definition) is 0. The molecule has 2 atom stereocenters. The second-order valence-corrected chi connectivity index (χ2v) is 8.50. The van der Waals surface area contributed by atoms with Crippen LogP contribution in [0.2, 0.25) is 0 Å². The topological polar surface area (TPSA) is 51.7 Å². The van der Waals surface area contributed by atoms with Gasteiger partial charge in [-0.3, -0.25) is 4.79 Å². The van der Waals surface area contributed by atoms with Gasteiger partial charge in [0, 0.05) is 28.2 Å². The molecule has 1 aliphatic heterocycles. The number of carbonyl (C=O) groups excluding carboxylic acids is 1. The molecule has 1 aromatic heterocycles. The lowest BCUT2D eigenvalue weighted by atomic mass is 9.98. The van der Waals surface area contributed by atoms with Crippen LogP contribution >= 0.6 is 11.3 Å². The van der Waals surface area contributed by atoms with Crippen molar-refractivity contribution in [2.24, 2.45) is 5.92 Å². The van der Waals surface area contributed by atoms with Gasteiger partial charge in [-0.15, -0.1) is 11.3 Å². The molecule has 0 saturated carbocycles. The van der Waals surface area contributed by atoms with Crippen molar-refractivity contribution < 1.29 is 14.3 Å². The molecule has 4 rings (SSSR count). The Balaban J connectivity index is 1.81. The van der Waals surface area contributed by atoms with Crippen molar-refractivity contribution >= 4 is 22.9 Å². The predicted molar refractivity (Wildman–Crippen MR) is 116 cm³/mol. The molecule has 29 heavy (non-hydrogen) atoms. The number of carbonyl (C=O) groups is 1. The Labute approximate surface area is 174 Å². The molecule has 1 aliphatic rings. The lowest BCUT2D eigenvalue weighted by molar-refractivity contribution is -0.120. The number of thiazole rings is 1. The van der Waals surface area contributed by atoms with E-state index in [0.29, 0.717) is 6.42 Å². The Kier molecular flexibility index (Phi) is 5.28. The molecule has 1 amide bonds. The minimum atomic E-state index is -0.156. The smallest absolute Gasteiger partial charge is 0.230 e. The second kappa shape index (κ2) is 7.87. The molecule has 3 aromatic rings. The number of aromatic nitrogens is 1. The summed E-state index contributed by atoms with van der Waals surface area (Å²) < 4.78 is 11.2. The Bertz CT molecular complexity index is 1020. The standard InChI is InChI=1S/C23H24N2O3S/c1-14-11-18(21-19(27-3)9-6-10-20(21)28-4)25(23(14)26)17-8-5-7-16(12-17)22-24-13-15(2)29-22/h5-10,12-14,18H,11H2,1-4H3. The van der Waals surface area contributed by atoms with Crippen LogP contribution in [0.25, 0.3) is 10.6 Å². The number of nitrogens with zero attached hydrogens (tertiary/aromatic N) is 2. The van der Waals surface area contributed by atoms with Crippen molar-refractivity contribution in [2.75, 3.05) is 19.1 Å². The van der Waals surface area contributed by atoms with Gasteiger partial charge in [0.15, 0.2) is 0 Å². The summed E-state index contributed by atoms with van der Waals surface area (Å²) in [5, 5.41) is 0.954. The number of anilines is 1. The molecular formula is C23H24N2O3S. The van der Waals surface area contributed by atoms with Gasteiger partial charge in [-0.1, -0.05) is 25.1 Å². The zero-order valence-corrected chi connectivity index (χ0v) is 17.8. The monoisotopic (exact) mass is 408 g/mol. The molecule has 6 heteroatoms. The molecule has 5 nitrogen and oxygen atoms in total. The first-order valence-corrected chi connectivity index (χ1v) is 10.4. The molecule has 150 valence electrons. The van der Waals surface area contributed by atoms with Crippen molar-refractivity contribution in [3.63, 3.8) is 0 Å². The van der Waals surface area contributed by atoms with Crippen molar-refractivity contribution in [3.8, 4) is 22.1 Å². The van der Waals surface area contributed by atoms with E-state index in [0.717, 1.165) is 38.2 Å². The third kappa shape index (κ3) is 3.49. The average Bonchev–Trinajstić information content (AvgIpc) is 3.30. The number of amides is 1. The van der Waals surface area contributed by atoms with Gasteiger partial charge in [0.2, 0.25) is 5.91 Å². The number of rotatable bonds is 5. The minimum Gasteiger partial charge on any atom is -0.496 e. The maximum Gasteiger partial charge on any atom is 0.230 e. The van der Waals surface area contributed by atoms with Crippen LogP contribution in [0, 0.1) is 12.8 Å². The van der Waals surface area contributed by atoms with Gasteiger partial charge in [0.05, 0.1) is 25.8 Å². The largest absolute Gasteiger partial charge is 0.496 e. The van der Waals surface area contributed by atoms with E-state index >= 15 is 0 Å². The lowest BCUT2D eigenvalue weighted by Crippen LogP contribution is -2.29. The van der Waals surface area contributed by atoms with E-state index in [1.165, 1.54) is 0 Å². The summed E-state index contributed by atoms with van der Waals surface area (Å²) in [5.74, 6) is 1.48. The number of hydrogen-bond acceptors (Lipinski definition) is 5. The molecule has 0 aliphatic carbocycles. The third-order valence-electron chi connectivity index (χ3n) is 5.34. The minimum absolute atomic E-state index is 0.0830. The van der Waals surface area contributed by atoms with Crippen LogP contribution in [0.4, 0.5) is 5.69 Å². The normalized spacial score (nSPS) is 18.9. The van der Waals surface area contributed by atoms with E-state index in [1.54, 1.807) is 25.6 Å². The number of ether oxygens (including phenoxy) is 2. The van der Waals surface area contributed by atoms with E-state index in [-0.39, 0.29) is 17.9 Å². The summed E-state index contributed by atoms with van der Waals surface area (Å²) in [6.07, 6.45) is 2.58. The molecule has 1 fully saturated rings. The lowest BCUT2D eigenvalue weighted by Gasteiger charge is -2.28. The van der Waals surface area contributed by atoms with Crippen LogP contribution in [0.1, 0.15) is 29.8 Å². The fourth-order valence-electron chi connectivity index (χ4n) is 3.97. The number of aryl methyl sites for hydroxylation is 1. The summed E-state index contributed by atoms with van der Waals surface area (Å²) in [7, 11) is 3.29. The van der Waals surface area contributed by atoms with E-state index < -0.39 is 0 Å². The third-order valence-corrected chi connectivity index (χ3v) is 6.30. The summed E-state index contributed by atoms with van der Waals surface area (Å²) in [6.45, 7) is 4.02. The fourth-order valence-corrected chi connectivity index (χ4v) is 4.73. The first-order valence-electron chi connectivity index (χ1n) is 9.60. The quantitative estimate of drug-likeness (QED) is 0.579. The van der Waals surface area contributed by atoms with E-state index in [4.69, 9.17) is 9.47 Å². The Morgan fingerprint density at radius 1 is 1.10 bits per heavy atom. The summed E-state index contributed by atoms with van der Waals surface area (Å²) in [6, 6.07) is 13.6. The van der Waals surface area contributed by atoms with E-state index in [9.17, 15) is 4.79 Å². The summed E-state index contributed by atoms with van der Waals surface area (Å²) >= 11 is 1.65. The molecule has 0 radical (unpaired) electrons. The highest BCUT2D eigenvalue weighted by Gasteiger charge is 2.41. The Morgan fingerprint density at radius 3 is 2.41 bits per heavy atom. The maximum atomic E-state index is 13.2. The maximum absolute atomic E-state index is 13.2.